The third-order valence-corrected chi connectivity index (χ3v) is 8.34. The molecule has 0 unspecified atom stereocenters. The van der Waals surface area contributed by atoms with Gasteiger partial charge < -0.3 is 14.8 Å². The number of carbonyl (C=O) groups is 1. The van der Waals surface area contributed by atoms with Crippen LogP contribution in [0.3, 0.4) is 0 Å². The summed E-state index contributed by atoms with van der Waals surface area (Å²) >= 11 is 1.35. The molecular weight excluding hydrogens is 524 g/mol. The van der Waals surface area contributed by atoms with E-state index in [-0.39, 0.29) is 24.8 Å². The number of para-hydroxylation sites is 1. The van der Waals surface area contributed by atoms with Crippen LogP contribution in [0.25, 0.3) is 23.1 Å². The molecule has 1 amide bonds. The molecule has 0 aliphatic rings. The molecule has 3 N–H and O–H groups in total. The average molecular weight is 555 g/mol. The topological polar surface area (TPSA) is 122 Å². The van der Waals surface area contributed by atoms with Crippen molar-refractivity contribution in [3.63, 3.8) is 0 Å². The molecule has 0 saturated heterocycles. The Morgan fingerprint density at radius 1 is 1.16 bits per heavy atom. The van der Waals surface area contributed by atoms with E-state index in [1.54, 1.807) is 19.1 Å². The number of methoxy groups -OCH3 is 1. The van der Waals surface area contributed by atoms with Crippen LogP contribution in [0.5, 0.6) is 11.5 Å². The Kier molecular flexibility index (Phi) is 8.82. The van der Waals surface area contributed by atoms with Gasteiger partial charge in [0.05, 0.1) is 34.6 Å². The van der Waals surface area contributed by atoms with Crippen LogP contribution >= 0.6 is 11.3 Å². The minimum absolute atomic E-state index is 0.0565. The van der Waals surface area contributed by atoms with E-state index in [0.29, 0.717) is 34.0 Å². The monoisotopic (exact) mass is 554 g/mol. The Morgan fingerprint density at radius 2 is 1.97 bits per heavy atom. The van der Waals surface area contributed by atoms with Crippen LogP contribution in [0.2, 0.25) is 0 Å². The lowest BCUT2D eigenvalue weighted by atomic mass is 10.1. The van der Waals surface area contributed by atoms with Crippen molar-refractivity contribution < 1.29 is 22.7 Å². The number of nitrogens with one attached hydrogen (secondary N) is 3. The molecule has 0 saturated carbocycles. The first kappa shape index (κ1) is 27.4. The molecule has 4 aromatic rings. The predicted molar refractivity (Wildman–Crippen MR) is 153 cm³/mol. The molecule has 0 atom stereocenters. The summed E-state index contributed by atoms with van der Waals surface area (Å²) in [4.78, 5) is 13.7. The lowest BCUT2D eigenvalue weighted by molar-refractivity contribution is 0.102. The number of fused-ring (bicyclic) bond motifs is 1. The zero-order chi connectivity index (χ0) is 27.1. The molecule has 9 nitrogen and oxygen atoms in total. The first-order valence-corrected chi connectivity index (χ1v) is 14.6. The molecule has 0 aliphatic heterocycles. The number of rotatable bonds is 12. The van der Waals surface area contributed by atoms with Crippen molar-refractivity contribution in [2.45, 2.75) is 20.3 Å². The lowest BCUT2D eigenvalue weighted by Gasteiger charge is -2.18. The Bertz CT molecular complexity index is 1560. The summed E-state index contributed by atoms with van der Waals surface area (Å²) in [5.41, 5.74) is 3.67. The molecule has 0 bridgehead atoms. The van der Waals surface area contributed by atoms with Crippen molar-refractivity contribution in [1.29, 1.82) is 0 Å². The van der Waals surface area contributed by atoms with E-state index < -0.39 is 10.0 Å². The van der Waals surface area contributed by atoms with Crippen molar-refractivity contribution in [3.05, 3.63) is 69.5 Å². The van der Waals surface area contributed by atoms with Crippen LogP contribution in [-0.2, 0) is 10.0 Å². The highest BCUT2D eigenvalue weighted by atomic mass is 32.2. The summed E-state index contributed by atoms with van der Waals surface area (Å²) in [6.07, 6.45) is 4.24. The normalized spacial score (nSPS) is 11.8. The number of amides is 1. The number of ether oxygens (including phenoxy) is 2. The van der Waals surface area contributed by atoms with Crippen LogP contribution in [0.1, 0.15) is 39.8 Å². The number of H-pyrrole nitrogens is 1. The van der Waals surface area contributed by atoms with Crippen LogP contribution in [0.15, 0.2) is 47.8 Å². The molecule has 0 fully saturated rings. The zero-order valence-electron chi connectivity index (χ0n) is 21.4. The van der Waals surface area contributed by atoms with Gasteiger partial charge in [-0.05, 0) is 54.6 Å². The second-order valence-corrected chi connectivity index (χ2v) is 11.3. The Labute approximate surface area is 225 Å². The van der Waals surface area contributed by atoms with E-state index in [1.807, 2.05) is 54.8 Å². The Balaban J connectivity index is 1.64. The SMILES string of the molecule is CCCS(=O)(=O)NCCOc1ccc(C=Cc2n[nH]c3ccccc23)c(NC(=O)c2sccc2C)c1OC. The summed E-state index contributed by atoms with van der Waals surface area (Å²) in [6, 6.07) is 13.2. The maximum Gasteiger partial charge on any atom is 0.266 e. The van der Waals surface area contributed by atoms with Gasteiger partial charge >= 0.3 is 0 Å². The zero-order valence-corrected chi connectivity index (χ0v) is 23.0. The molecule has 4 rings (SSSR count). The van der Waals surface area contributed by atoms with Crippen molar-refractivity contribution in [2.75, 3.05) is 31.3 Å². The van der Waals surface area contributed by atoms with Gasteiger partial charge in [-0.2, -0.15) is 5.10 Å². The summed E-state index contributed by atoms with van der Waals surface area (Å²) in [5, 5.41) is 13.2. The smallest absolute Gasteiger partial charge is 0.266 e. The minimum Gasteiger partial charge on any atom is -0.491 e. The van der Waals surface area contributed by atoms with Crippen LogP contribution in [-0.4, -0.2) is 50.5 Å². The lowest BCUT2D eigenvalue weighted by Crippen LogP contribution is -2.30. The van der Waals surface area contributed by atoms with Gasteiger partial charge in [-0.1, -0.05) is 31.2 Å². The largest absolute Gasteiger partial charge is 0.491 e. The van der Waals surface area contributed by atoms with E-state index >= 15 is 0 Å². The number of aryl methyl sites for hydroxylation is 1. The third kappa shape index (κ3) is 6.42. The molecule has 0 radical (unpaired) electrons. The van der Waals surface area contributed by atoms with Gasteiger partial charge in [0.15, 0.2) is 11.5 Å². The van der Waals surface area contributed by atoms with E-state index in [2.05, 4.69) is 20.2 Å². The second kappa shape index (κ2) is 12.2. The highest BCUT2D eigenvalue weighted by Gasteiger charge is 2.20. The van der Waals surface area contributed by atoms with Crippen molar-refractivity contribution in [3.8, 4) is 11.5 Å². The van der Waals surface area contributed by atoms with Crippen molar-refractivity contribution in [1.82, 2.24) is 14.9 Å². The third-order valence-electron chi connectivity index (χ3n) is 5.74. The summed E-state index contributed by atoms with van der Waals surface area (Å²) in [6.45, 7) is 3.88. The molecule has 11 heteroatoms. The van der Waals surface area contributed by atoms with Crippen LogP contribution in [0, 0.1) is 6.92 Å². The van der Waals surface area contributed by atoms with Gasteiger partial charge in [-0.25, -0.2) is 13.1 Å². The molecule has 200 valence electrons. The van der Waals surface area contributed by atoms with Gasteiger partial charge in [0.1, 0.15) is 6.61 Å². The van der Waals surface area contributed by atoms with Crippen molar-refractivity contribution >= 4 is 56.0 Å². The quantitative estimate of drug-likeness (QED) is 0.210. The fourth-order valence-electron chi connectivity index (χ4n) is 3.92. The summed E-state index contributed by atoms with van der Waals surface area (Å²) < 4.78 is 37.9. The number of carbonyl (C=O) groups excluding carboxylic acids is 1. The maximum atomic E-state index is 13.2. The van der Waals surface area contributed by atoms with Gasteiger partial charge in [-0.3, -0.25) is 9.89 Å². The average Bonchev–Trinajstić information content (AvgIpc) is 3.52. The number of benzene rings is 2. The molecule has 38 heavy (non-hydrogen) atoms. The first-order chi connectivity index (χ1) is 18.3. The van der Waals surface area contributed by atoms with Gasteiger partial charge in [-0.15, -0.1) is 11.3 Å². The molecule has 2 aromatic carbocycles. The number of hydrogen-bond acceptors (Lipinski definition) is 7. The number of sulfonamides is 1. The first-order valence-electron chi connectivity index (χ1n) is 12.1. The molecule has 2 heterocycles. The summed E-state index contributed by atoms with van der Waals surface area (Å²) in [5.74, 6) is 0.502. The summed E-state index contributed by atoms with van der Waals surface area (Å²) in [7, 11) is -1.85. The maximum absolute atomic E-state index is 13.2. The number of hydrogen-bond donors (Lipinski definition) is 3. The van der Waals surface area contributed by atoms with E-state index in [4.69, 9.17) is 9.47 Å². The standard InChI is InChI=1S/C27H30N4O5S2/c1-4-17-38(33,34)28-14-15-36-23-12-10-19(9-11-22-20-7-5-6-8-21(20)30-31-22)24(25(23)35-3)29-27(32)26-18(2)13-16-37-26/h5-13,16,28H,4,14-15,17H2,1-3H3,(H,29,32)(H,30,31). The van der Waals surface area contributed by atoms with E-state index in [9.17, 15) is 13.2 Å². The number of thiophene rings is 1. The van der Waals surface area contributed by atoms with Gasteiger partial charge in [0.2, 0.25) is 10.0 Å². The Morgan fingerprint density at radius 3 is 2.71 bits per heavy atom. The molecule has 0 aliphatic carbocycles. The number of nitrogens with zero attached hydrogens (tertiary/aromatic N) is 1. The predicted octanol–water partition coefficient (Wildman–Crippen LogP) is 5.07. The molecule has 2 aromatic heterocycles. The van der Waals surface area contributed by atoms with Gasteiger partial charge in [0.25, 0.3) is 5.91 Å². The molecule has 0 spiro atoms. The highest BCUT2D eigenvalue weighted by molar-refractivity contribution is 7.89. The van der Waals surface area contributed by atoms with Crippen molar-refractivity contribution in [2.24, 2.45) is 0 Å². The van der Waals surface area contributed by atoms with E-state index in [1.165, 1.54) is 18.4 Å². The van der Waals surface area contributed by atoms with Gasteiger partial charge in [0, 0.05) is 17.5 Å². The highest BCUT2D eigenvalue weighted by Crippen LogP contribution is 2.39. The Hall–Kier alpha value is -3.67. The van der Waals surface area contributed by atoms with E-state index in [0.717, 1.165) is 22.2 Å². The fraction of sp³-hybridized carbons (Fsp3) is 0.259. The van der Waals surface area contributed by atoms with Crippen LogP contribution < -0.4 is 19.5 Å². The molecular formula is C27H30N4O5S2. The number of aromatic amines is 1. The number of aromatic nitrogens is 2. The van der Waals surface area contributed by atoms with Crippen LogP contribution in [0.4, 0.5) is 5.69 Å². The fourth-order valence-corrected chi connectivity index (χ4v) is 5.81. The minimum atomic E-state index is -3.34. The second-order valence-electron chi connectivity index (χ2n) is 8.50. The number of anilines is 1.